The van der Waals surface area contributed by atoms with E-state index in [4.69, 9.17) is 5.11 Å². The summed E-state index contributed by atoms with van der Waals surface area (Å²) >= 11 is 0. The van der Waals surface area contributed by atoms with Gasteiger partial charge in [0.1, 0.15) is 0 Å². The lowest BCUT2D eigenvalue weighted by atomic mass is 10.2. The number of amides is 1. The van der Waals surface area contributed by atoms with Crippen LogP contribution in [0, 0.1) is 6.92 Å². The van der Waals surface area contributed by atoms with Crippen LogP contribution in [0.2, 0.25) is 0 Å². The lowest BCUT2D eigenvalue weighted by Gasteiger charge is -2.16. The van der Waals surface area contributed by atoms with E-state index in [2.05, 4.69) is 10.2 Å². The van der Waals surface area contributed by atoms with E-state index in [9.17, 15) is 9.59 Å². The maximum Gasteiger partial charge on any atom is 0.303 e. The second kappa shape index (κ2) is 6.03. The molecule has 0 saturated heterocycles. The number of H-pyrrole nitrogens is 1. The number of aromatic nitrogens is 2. The Morgan fingerprint density at radius 3 is 2.76 bits per heavy atom. The molecule has 2 N–H and O–H groups in total. The molecule has 0 fully saturated rings. The van der Waals surface area contributed by atoms with Crippen molar-refractivity contribution in [3.63, 3.8) is 0 Å². The predicted octanol–water partition coefficient (Wildman–Crippen LogP) is 0.584. The summed E-state index contributed by atoms with van der Waals surface area (Å²) in [5.41, 5.74) is 1.76. The minimum absolute atomic E-state index is 0.0279. The van der Waals surface area contributed by atoms with Crippen LogP contribution >= 0.6 is 0 Å². The van der Waals surface area contributed by atoms with E-state index in [-0.39, 0.29) is 12.3 Å². The van der Waals surface area contributed by atoms with Crippen molar-refractivity contribution in [3.8, 4) is 0 Å². The Bertz CT molecular complexity index is 400. The van der Waals surface area contributed by atoms with Crippen LogP contribution in [0.15, 0.2) is 6.20 Å². The minimum atomic E-state index is -0.837. The standard InChI is InChI=1S/C11H17N3O3/c1-8-9(7-12-13-8)6-10(15)14(2)5-3-4-11(16)17/h7H,3-6H2,1-2H3,(H,12,13)(H,16,17). The molecule has 0 aliphatic carbocycles. The average molecular weight is 239 g/mol. The quantitative estimate of drug-likeness (QED) is 0.760. The Labute approximate surface area is 99.6 Å². The van der Waals surface area contributed by atoms with Gasteiger partial charge >= 0.3 is 5.97 Å². The first-order valence-electron chi connectivity index (χ1n) is 5.45. The van der Waals surface area contributed by atoms with Gasteiger partial charge in [-0.25, -0.2) is 0 Å². The number of carboxylic acids is 1. The van der Waals surface area contributed by atoms with Gasteiger partial charge in [0.2, 0.25) is 5.91 Å². The summed E-state index contributed by atoms with van der Waals surface area (Å²) in [6.45, 7) is 2.32. The summed E-state index contributed by atoms with van der Waals surface area (Å²) in [6.07, 6.45) is 2.49. The fraction of sp³-hybridized carbons (Fsp3) is 0.545. The highest BCUT2D eigenvalue weighted by Gasteiger charge is 2.12. The van der Waals surface area contributed by atoms with Crippen LogP contribution in [-0.4, -0.2) is 45.7 Å². The molecule has 0 bridgehead atoms. The number of carboxylic acid groups (broad SMARTS) is 1. The van der Waals surface area contributed by atoms with Gasteiger partial charge in [-0.2, -0.15) is 5.10 Å². The lowest BCUT2D eigenvalue weighted by Crippen LogP contribution is -2.29. The molecule has 1 amide bonds. The number of nitrogens with one attached hydrogen (secondary N) is 1. The first-order valence-corrected chi connectivity index (χ1v) is 5.45. The highest BCUT2D eigenvalue weighted by Crippen LogP contribution is 2.05. The van der Waals surface area contributed by atoms with Crippen LogP contribution in [0.5, 0.6) is 0 Å². The Hall–Kier alpha value is -1.85. The highest BCUT2D eigenvalue weighted by molar-refractivity contribution is 5.78. The molecular weight excluding hydrogens is 222 g/mol. The number of carbonyl (C=O) groups excluding carboxylic acids is 1. The third-order valence-electron chi connectivity index (χ3n) is 2.59. The van der Waals surface area contributed by atoms with Crippen LogP contribution in [0.1, 0.15) is 24.1 Å². The van der Waals surface area contributed by atoms with Crippen molar-refractivity contribution in [2.75, 3.05) is 13.6 Å². The Balaban J connectivity index is 2.37. The van der Waals surface area contributed by atoms with Crippen molar-refractivity contribution < 1.29 is 14.7 Å². The molecule has 1 heterocycles. The van der Waals surface area contributed by atoms with Gasteiger partial charge in [0.15, 0.2) is 0 Å². The van der Waals surface area contributed by atoms with Gasteiger partial charge in [-0.3, -0.25) is 14.7 Å². The number of aryl methyl sites for hydroxylation is 1. The summed E-state index contributed by atoms with van der Waals surface area (Å²) < 4.78 is 0. The third kappa shape index (κ3) is 4.26. The Morgan fingerprint density at radius 1 is 1.53 bits per heavy atom. The maximum absolute atomic E-state index is 11.8. The van der Waals surface area contributed by atoms with Gasteiger partial charge in [-0.15, -0.1) is 0 Å². The van der Waals surface area contributed by atoms with Crippen LogP contribution in [0.4, 0.5) is 0 Å². The van der Waals surface area contributed by atoms with Crippen LogP contribution < -0.4 is 0 Å². The number of hydrogen-bond donors (Lipinski definition) is 2. The van der Waals surface area contributed by atoms with Crippen molar-refractivity contribution in [2.24, 2.45) is 0 Å². The molecule has 0 unspecified atom stereocenters. The topological polar surface area (TPSA) is 86.3 Å². The number of aliphatic carboxylic acids is 1. The Kier molecular flexibility index (Phi) is 4.68. The zero-order chi connectivity index (χ0) is 12.8. The molecule has 0 aromatic carbocycles. The van der Waals surface area contributed by atoms with E-state index < -0.39 is 5.97 Å². The van der Waals surface area contributed by atoms with Gasteiger partial charge in [0.25, 0.3) is 0 Å². The SMILES string of the molecule is Cc1[nH]ncc1CC(=O)N(C)CCCC(=O)O. The number of carbonyl (C=O) groups is 2. The first-order chi connectivity index (χ1) is 8.00. The molecule has 1 aromatic heterocycles. The van der Waals surface area contributed by atoms with Gasteiger partial charge < -0.3 is 10.0 Å². The zero-order valence-electron chi connectivity index (χ0n) is 10.1. The minimum Gasteiger partial charge on any atom is -0.481 e. The average Bonchev–Trinajstić information content (AvgIpc) is 2.63. The normalized spacial score (nSPS) is 10.2. The molecular formula is C11H17N3O3. The molecule has 6 nitrogen and oxygen atoms in total. The van der Waals surface area contributed by atoms with Crippen LogP contribution in [-0.2, 0) is 16.0 Å². The molecule has 94 valence electrons. The molecule has 1 rings (SSSR count). The fourth-order valence-corrected chi connectivity index (χ4v) is 1.44. The van der Waals surface area contributed by atoms with Gasteiger partial charge in [0, 0.05) is 31.3 Å². The maximum atomic E-state index is 11.8. The summed E-state index contributed by atoms with van der Waals surface area (Å²) in [6, 6.07) is 0. The van der Waals surface area contributed by atoms with Crippen LogP contribution in [0.25, 0.3) is 0 Å². The zero-order valence-corrected chi connectivity index (χ0v) is 10.1. The molecule has 0 aliphatic heterocycles. The summed E-state index contributed by atoms with van der Waals surface area (Å²) in [5.74, 6) is -0.864. The van der Waals surface area contributed by atoms with Gasteiger partial charge in [-0.05, 0) is 13.3 Å². The van der Waals surface area contributed by atoms with E-state index in [1.807, 2.05) is 6.92 Å². The third-order valence-corrected chi connectivity index (χ3v) is 2.59. The second-order valence-electron chi connectivity index (χ2n) is 4.01. The molecule has 17 heavy (non-hydrogen) atoms. The molecule has 0 atom stereocenters. The Morgan fingerprint density at radius 2 is 2.24 bits per heavy atom. The fourth-order valence-electron chi connectivity index (χ4n) is 1.44. The summed E-state index contributed by atoms with van der Waals surface area (Å²) in [5, 5.41) is 15.1. The highest BCUT2D eigenvalue weighted by atomic mass is 16.4. The molecule has 0 spiro atoms. The van der Waals surface area contributed by atoms with E-state index in [1.54, 1.807) is 18.1 Å². The number of aromatic amines is 1. The van der Waals surface area contributed by atoms with Crippen LogP contribution in [0.3, 0.4) is 0 Å². The number of rotatable bonds is 6. The van der Waals surface area contributed by atoms with E-state index in [0.717, 1.165) is 11.3 Å². The van der Waals surface area contributed by atoms with E-state index in [0.29, 0.717) is 19.4 Å². The molecule has 0 radical (unpaired) electrons. The summed E-state index contributed by atoms with van der Waals surface area (Å²) in [7, 11) is 1.68. The molecule has 0 saturated carbocycles. The summed E-state index contributed by atoms with van der Waals surface area (Å²) in [4.78, 5) is 23.7. The van der Waals surface area contributed by atoms with E-state index in [1.165, 1.54) is 0 Å². The second-order valence-corrected chi connectivity index (χ2v) is 4.01. The number of nitrogens with zero attached hydrogens (tertiary/aromatic N) is 2. The lowest BCUT2D eigenvalue weighted by molar-refractivity contribution is -0.138. The van der Waals surface area contributed by atoms with Crippen molar-refractivity contribution in [3.05, 3.63) is 17.5 Å². The van der Waals surface area contributed by atoms with Crippen molar-refractivity contribution in [1.82, 2.24) is 15.1 Å². The van der Waals surface area contributed by atoms with Crippen molar-refractivity contribution in [2.45, 2.75) is 26.2 Å². The van der Waals surface area contributed by atoms with Crippen molar-refractivity contribution in [1.29, 1.82) is 0 Å². The number of hydrogen-bond acceptors (Lipinski definition) is 3. The first kappa shape index (κ1) is 13.2. The predicted molar refractivity (Wildman–Crippen MR) is 61.5 cm³/mol. The smallest absolute Gasteiger partial charge is 0.303 e. The van der Waals surface area contributed by atoms with Gasteiger partial charge in [-0.1, -0.05) is 0 Å². The monoisotopic (exact) mass is 239 g/mol. The van der Waals surface area contributed by atoms with Crippen molar-refractivity contribution >= 4 is 11.9 Å². The van der Waals surface area contributed by atoms with Gasteiger partial charge in [0.05, 0.1) is 12.6 Å². The van der Waals surface area contributed by atoms with E-state index >= 15 is 0 Å². The molecule has 0 aliphatic rings. The molecule has 1 aromatic rings. The number of likely N-dealkylation sites (N-methyl/N-ethyl adjacent to an activating group) is 1. The molecule has 6 heteroatoms. The largest absolute Gasteiger partial charge is 0.481 e.